The fraction of sp³-hybridized carbons (Fsp3) is 0.588. The maximum Gasteiger partial charge on any atom is 0.306 e. The summed E-state index contributed by atoms with van der Waals surface area (Å²) >= 11 is 0. The molecule has 0 aliphatic heterocycles. The lowest BCUT2D eigenvalue weighted by molar-refractivity contribution is -0.141. The van der Waals surface area contributed by atoms with Crippen LogP contribution in [0.4, 0.5) is 0 Å². The van der Waals surface area contributed by atoms with Crippen molar-refractivity contribution in [2.75, 3.05) is 7.11 Å². The molecule has 0 amide bonds. The fourth-order valence-corrected chi connectivity index (χ4v) is 2.82. The van der Waals surface area contributed by atoms with Gasteiger partial charge in [-0.2, -0.15) is 0 Å². The molecular formula is C17H28O4Si. The van der Waals surface area contributed by atoms with Crippen molar-refractivity contribution in [1.29, 1.82) is 0 Å². The van der Waals surface area contributed by atoms with Gasteiger partial charge in [-0.05, 0) is 42.2 Å². The second-order valence-corrected chi connectivity index (χ2v) is 12.0. The van der Waals surface area contributed by atoms with Crippen LogP contribution in [0.3, 0.4) is 0 Å². The molecule has 1 atom stereocenters. The molecule has 0 heterocycles. The molecule has 0 aromatic heterocycles. The molecule has 0 radical (unpaired) electrons. The maximum absolute atomic E-state index is 11.0. The highest BCUT2D eigenvalue weighted by molar-refractivity contribution is 6.74. The summed E-state index contributed by atoms with van der Waals surface area (Å²) in [6.07, 6.45) is 0.478. The molecular weight excluding hydrogens is 296 g/mol. The standard InChI is InChI=1S/C17H28O4Si/c1-12(16(18)19)10-13-8-9-14(15(11-13)20-5)21-22(6,7)17(2,3)4/h8-9,11-12H,10H2,1-7H3,(H,18,19). The van der Waals surface area contributed by atoms with Crippen molar-refractivity contribution in [1.82, 2.24) is 0 Å². The van der Waals surface area contributed by atoms with Crippen molar-refractivity contribution < 1.29 is 19.1 Å². The number of ether oxygens (including phenoxy) is 1. The van der Waals surface area contributed by atoms with Gasteiger partial charge in [-0.15, -0.1) is 0 Å². The van der Waals surface area contributed by atoms with Crippen LogP contribution in [0.2, 0.25) is 18.1 Å². The number of rotatable bonds is 6. The van der Waals surface area contributed by atoms with E-state index in [1.165, 1.54) is 0 Å². The van der Waals surface area contributed by atoms with Gasteiger partial charge in [0.25, 0.3) is 8.32 Å². The van der Waals surface area contributed by atoms with Crippen LogP contribution in [-0.4, -0.2) is 26.5 Å². The van der Waals surface area contributed by atoms with Crippen LogP contribution >= 0.6 is 0 Å². The first-order valence-corrected chi connectivity index (χ1v) is 10.5. The molecule has 0 spiro atoms. The van der Waals surface area contributed by atoms with Gasteiger partial charge in [0.15, 0.2) is 5.75 Å². The van der Waals surface area contributed by atoms with E-state index in [1.807, 2.05) is 18.2 Å². The first-order chi connectivity index (χ1) is 9.98. The highest BCUT2D eigenvalue weighted by Crippen LogP contribution is 2.40. The Morgan fingerprint density at radius 2 is 1.86 bits per heavy atom. The minimum atomic E-state index is -1.93. The fourth-order valence-electron chi connectivity index (χ4n) is 1.79. The molecule has 1 aromatic carbocycles. The monoisotopic (exact) mass is 324 g/mol. The van der Waals surface area contributed by atoms with Crippen molar-refractivity contribution in [2.24, 2.45) is 5.92 Å². The van der Waals surface area contributed by atoms with Crippen molar-refractivity contribution in [3.05, 3.63) is 23.8 Å². The highest BCUT2D eigenvalue weighted by Gasteiger charge is 2.39. The smallest absolute Gasteiger partial charge is 0.306 e. The Morgan fingerprint density at radius 3 is 2.32 bits per heavy atom. The number of hydrogen-bond acceptors (Lipinski definition) is 3. The Labute approximate surface area is 134 Å². The number of carboxylic acids is 1. The number of carbonyl (C=O) groups is 1. The van der Waals surface area contributed by atoms with E-state index in [0.717, 1.165) is 11.3 Å². The number of methoxy groups -OCH3 is 1. The molecule has 1 rings (SSSR count). The van der Waals surface area contributed by atoms with Crippen molar-refractivity contribution >= 4 is 14.3 Å². The van der Waals surface area contributed by atoms with Crippen molar-refractivity contribution in [2.45, 2.75) is 52.2 Å². The maximum atomic E-state index is 11.0. The van der Waals surface area contributed by atoms with E-state index in [-0.39, 0.29) is 5.04 Å². The quantitative estimate of drug-likeness (QED) is 0.791. The van der Waals surface area contributed by atoms with E-state index in [1.54, 1.807) is 14.0 Å². The zero-order chi connectivity index (χ0) is 17.1. The number of hydrogen-bond donors (Lipinski definition) is 1. The topological polar surface area (TPSA) is 55.8 Å². The average molecular weight is 324 g/mol. The predicted molar refractivity (Wildman–Crippen MR) is 91.3 cm³/mol. The Bertz CT molecular complexity index is 532. The van der Waals surface area contributed by atoms with E-state index in [4.69, 9.17) is 14.3 Å². The minimum Gasteiger partial charge on any atom is -0.541 e. The summed E-state index contributed by atoms with van der Waals surface area (Å²) in [6.45, 7) is 12.6. The summed E-state index contributed by atoms with van der Waals surface area (Å²) in [4.78, 5) is 11.0. The van der Waals surface area contributed by atoms with Crippen LogP contribution < -0.4 is 9.16 Å². The first-order valence-electron chi connectivity index (χ1n) is 7.56. The summed E-state index contributed by atoms with van der Waals surface area (Å²) in [6, 6.07) is 5.69. The SMILES string of the molecule is COc1cc(CC(C)C(=O)O)ccc1O[Si](C)(C)C(C)(C)C. The van der Waals surface area contributed by atoms with Crippen LogP contribution in [0.5, 0.6) is 11.5 Å². The molecule has 1 unspecified atom stereocenters. The second-order valence-electron chi connectivity index (χ2n) is 7.29. The van der Waals surface area contributed by atoms with Gasteiger partial charge in [-0.3, -0.25) is 4.79 Å². The van der Waals surface area contributed by atoms with Crippen LogP contribution in [0.15, 0.2) is 18.2 Å². The molecule has 0 aliphatic rings. The van der Waals surface area contributed by atoms with E-state index in [2.05, 4.69) is 33.9 Å². The summed E-state index contributed by atoms with van der Waals surface area (Å²) in [7, 11) is -0.325. The highest BCUT2D eigenvalue weighted by atomic mass is 28.4. The van der Waals surface area contributed by atoms with E-state index in [0.29, 0.717) is 12.2 Å². The van der Waals surface area contributed by atoms with Crippen LogP contribution in [0.1, 0.15) is 33.3 Å². The predicted octanol–water partition coefficient (Wildman–Crippen LogP) is 4.34. The third-order valence-corrected chi connectivity index (χ3v) is 8.71. The van der Waals surface area contributed by atoms with Gasteiger partial charge in [0, 0.05) is 0 Å². The molecule has 1 aromatic rings. The average Bonchev–Trinajstić information content (AvgIpc) is 2.38. The van der Waals surface area contributed by atoms with Gasteiger partial charge in [-0.25, -0.2) is 0 Å². The Kier molecular flexibility index (Phi) is 5.68. The number of benzene rings is 1. The summed E-state index contributed by atoms with van der Waals surface area (Å²) in [5, 5.41) is 9.12. The van der Waals surface area contributed by atoms with Crippen molar-refractivity contribution in [3.8, 4) is 11.5 Å². The van der Waals surface area contributed by atoms with Gasteiger partial charge in [0.2, 0.25) is 0 Å². The normalized spacial score (nSPS) is 13.6. The third kappa shape index (κ3) is 4.50. The molecule has 124 valence electrons. The van der Waals surface area contributed by atoms with Gasteiger partial charge >= 0.3 is 5.97 Å². The van der Waals surface area contributed by atoms with Gasteiger partial charge in [0.1, 0.15) is 5.75 Å². The van der Waals surface area contributed by atoms with E-state index in [9.17, 15) is 4.79 Å². The van der Waals surface area contributed by atoms with Crippen LogP contribution in [0.25, 0.3) is 0 Å². The molecule has 5 heteroatoms. The van der Waals surface area contributed by atoms with Gasteiger partial charge in [0.05, 0.1) is 13.0 Å². The Balaban J connectivity index is 3.02. The summed E-state index contributed by atoms with van der Waals surface area (Å²) in [5.74, 6) is 0.193. The number of aliphatic carboxylic acids is 1. The zero-order valence-electron chi connectivity index (χ0n) is 14.7. The lowest BCUT2D eigenvalue weighted by Gasteiger charge is -2.36. The zero-order valence-corrected chi connectivity index (χ0v) is 15.7. The second kappa shape index (κ2) is 6.73. The molecule has 0 saturated heterocycles. The largest absolute Gasteiger partial charge is 0.541 e. The molecule has 0 bridgehead atoms. The summed E-state index contributed by atoms with van der Waals surface area (Å²) in [5.41, 5.74) is 0.939. The summed E-state index contributed by atoms with van der Waals surface area (Å²) < 4.78 is 11.7. The Morgan fingerprint density at radius 1 is 1.27 bits per heavy atom. The molecule has 4 nitrogen and oxygen atoms in total. The molecule has 0 fully saturated rings. The Hall–Kier alpha value is -1.49. The van der Waals surface area contributed by atoms with E-state index >= 15 is 0 Å². The lowest BCUT2D eigenvalue weighted by atomic mass is 10.0. The van der Waals surface area contributed by atoms with Crippen molar-refractivity contribution in [3.63, 3.8) is 0 Å². The third-order valence-electron chi connectivity index (χ3n) is 4.36. The lowest BCUT2D eigenvalue weighted by Crippen LogP contribution is -2.43. The molecule has 0 saturated carbocycles. The van der Waals surface area contributed by atoms with Crippen LogP contribution in [-0.2, 0) is 11.2 Å². The van der Waals surface area contributed by atoms with E-state index < -0.39 is 20.2 Å². The van der Waals surface area contributed by atoms with Gasteiger partial charge in [-0.1, -0.05) is 33.8 Å². The number of carboxylic acid groups (broad SMARTS) is 1. The molecule has 0 aliphatic carbocycles. The molecule has 22 heavy (non-hydrogen) atoms. The van der Waals surface area contributed by atoms with Crippen LogP contribution in [0, 0.1) is 5.92 Å². The molecule has 1 N–H and O–H groups in total. The first kappa shape index (κ1) is 18.6. The van der Waals surface area contributed by atoms with Gasteiger partial charge < -0.3 is 14.3 Å². The minimum absolute atomic E-state index is 0.106.